The SMILES string of the molecule is C[C@]12CC[C@H]3[C@@H](CCC4CCC(N5CCCCC5)C[C@@]43C)[C@@H]1CC(N1CCCCC1)C2. The van der Waals surface area contributed by atoms with Gasteiger partial charge in [-0.3, -0.25) is 0 Å². The molecule has 6 rings (SSSR count). The molecule has 0 bridgehead atoms. The molecule has 8 atom stereocenters. The Kier molecular flexibility index (Phi) is 5.74. The van der Waals surface area contributed by atoms with Gasteiger partial charge in [-0.2, -0.15) is 0 Å². The highest BCUT2D eigenvalue weighted by atomic mass is 15.2. The van der Waals surface area contributed by atoms with Crippen molar-refractivity contribution in [3.8, 4) is 0 Å². The third kappa shape index (κ3) is 3.65. The lowest BCUT2D eigenvalue weighted by Gasteiger charge is -2.61. The van der Waals surface area contributed by atoms with Crippen molar-refractivity contribution < 1.29 is 0 Å². The molecule has 0 amide bonds. The van der Waals surface area contributed by atoms with Crippen molar-refractivity contribution >= 4 is 0 Å². The van der Waals surface area contributed by atoms with Crippen LogP contribution >= 0.6 is 0 Å². The molecule has 4 saturated carbocycles. The monoisotopic (exact) mass is 426 g/mol. The molecule has 0 aromatic rings. The first kappa shape index (κ1) is 21.5. The van der Waals surface area contributed by atoms with Gasteiger partial charge in [-0.25, -0.2) is 0 Å². The molecule has 0 N–H and O–H groups in total. The van der Waals surface area contributed by atoms with Crippen LogP contribution in [0, 0.1) is 34.5 Å². The molecule has 31 heavy (non-hydrogen) atoms. The highest BCUT2D eigenvalue weighted by Crippen LogP contribution is 2.66. The van der Waals surface area contributed by atoms with E-state index in [0.717, 1.165) is 35.8 Å². The Morgan fingerprint density at radius 2 is 1.26 bits per heavy atom. The van der Waals surface area contributed by atoms with E-state index in [1.165, 1.54) is 84.0 Å². The number of piperidine rings is 2. The average Bonchev–Trinajstić information content (AvgIpc) is 3.17. The van der Waals surface area contributed by atoms with Gasteiger partial charge in [0.15, 0.2) is 0 Å². The first-order chi connectivity index (χ1) is 15.1. The van der Waals surface area contributed by atoms with E-state index in [1.54, 1.807) is 38.5 Å². The van der Waals surface area contributed by atoms with Crippen LogP contribution in [0.1, 0.15) is 110 Å². The zero-order valence-electron chi connectivity index (χ0n) is 20.8. The molecule has 0 radical (unpaired) electrons. The molecular weight excluding hydrogens is 376 g/mol. The molecule has 3 unspecified atom stereocenters. The van der Waals surface area contributed by atoms with Gasteiger partial charge in [-0.15, -0.1) is 0 Å². The quantitative estimate of drug-likeness (QED) is 0.482. The van der Waals surface area contributed by atoms with Gasteiger partial charge in [0.1, 0.15) is 0 Å². The molecule has 2 saturated heterocycles. The molecule has 176 valence electrons. The van der Waals surface area contributed by atoms with Crippen LogP contribution in [0.4, 0.5) is 0 Å². The van der Waals surface area contributed by atoms with Crippen molar-refractivity contribution in [1.29, 1.82) is 0 Å². The summed E-state index contributed by atoms with van der Waals surface area (Å²) in [6, 6.07) is 1.84. The molecule has 6 aliphatic rings. The Balaban J connectivity index is 1.20. The van der Waals surface area contributed by atoms with E-state index in [4.69, 9.17) is 0 Å². The van der Waals surface area contributed by atoms with Gasteiger partial charge in [-0.05, 0) is 144 Å². The zero-order valence-corrected chi connectivity index (χ0v) is 20.8. The summed E-state index contributed by atoms with van der Waals surface area (Å²) in [6.07, 6.45) is 22.7. The third-order valence-electron chi connectivity index (χ3n) is 12.1. The van der Waals surface area contributed by atoms with Gasteiger partial charge < -0.3 is 9.80 Å². The molecule has 2 heterocycles. The number of fused-ring (bicyclic) bond motifs is 5. The minimum Gasteiger partial charge on any atom is -0.300 e. The summed E-state index contributed by atoms with van der Waals surface area (Å²) >= 11 is 0. The third-order valence-corrected chi connectivity index (χ3v) is 12.1. The lowest BCUT2D eigenvalue weighted by Crippen LogP contribution is -2.56. The maximum absolute atomic E-state index is 2.93. The van der Waals surface area contributed by atoms with Crippen LogP contribution in [0.25, 0.3) is 0 Å². The highest BCUT2D eigenvalue weighted by molar-refractivity contribution is 5.10. The Labute approximate surface area is 192 Å². The lowest BCUT2D eigenvalue weighted by atomic mass is 9.45. The van der Waals surface area contributed by atoms with Gasteiger partial charge in [-0.1, -0.05) is 26.7 Å². The van der Waals surface area contributed by atoms with E-state index in [0.29, 0.717) is 10.8 Å². The number of likely N-dealkylation sites (tertiary alicyclic amines) is 2. The van der Waals surface area contributed by atoms with E-state index in [1.807, 2.05) is 0 Å². The molecule has 2 nitrogen and oxygen atoms in total. The first-order valence-corrected chi connectivity index (χ1v) is 14.5. The van der Waals surface area contributed by atoms with Crippen LogP contribution in [0.2, 0.25) is 0 Å². The summed E-state index contributed by atoms with van der Waals surface area (Å²) in [5.41, 5.74) is 1.31. The average molecular weight is 427 g/mol. The molecule has 4 aliphatic carbocycles. The normalized spacial score (nSPS) is 51.7. The van der Waals surface area contributed by atoms with Crippen LogP contribution in [0.15, 0.2) is 0 Å². The minimum atomic E-state index is 0.647. The molecule has 6 fully saturated rings. The van der Waals surface area contributed by atoms with Gasteiger partial charge >= 0.3 is 0 Å². The summed E-state index contributed by atoms with van der Waals surface area (Å²) in [7, 11) is 0. The topological polar surface area (TPSA) is 6.48 Å². The van der Waals surface area contributed by atoms with Crippen molar-refractivity contribution in [1.82, 2.24) is 9.80 Å². The van der Waals surface area contributed by atoms with E-state index in [9.17, 15) is 0 Å². The van der Waals surface area contributed by atoms with Gasteiger partial charge in [0, 0.05) is 12.1 Å². The summed E-state index contributed by atoms with van der Waals surface area (Å²) < 4.78 is 0. The van der Waals surface area contributed by atoms with Crippen molar-refractivity contribution in [2.75, 3.05) is 26.2 Å². The lowest BCUT2D eigenvalue weighted by molar-refractivity contribution is -0.118. The van der Waals surface area contributed by atoms with Crippen molar-refractivity contribution in [3.63, 3.8) is 0 Å². The Morgan fingerprint density at radius 1 is 0.613 bits per heavy atom. The van der Waals surface area contributed by atoms with Crippen LogP contribution in [-0.2, 0) is 0 Å². The molecule has 0 aromatic carbocycles. The van der Waals surface area contributed by atoms with Crippen LogP contribution in [-0.4, -0.2) is 48.1 Å². The molecule has 2 aliphatic heterocycles. The predicted molar refractivity (Wildman–Crippen MR) is 130 cm³/mol. The Morgan fingerprint density at radius 3 is 1.97 bits per heavy atom. The molecule has 2 heteroatoms. The second-order valence-electron chi connectivity index (χ2n) is 13.6. The number of rotatable bonds is 2. The standard InChI is InChI=1S/C29H50N2/c1-28-14-13-26-25(27(28)19-24(20-28)31-17-7-4-8-18-31)12-10-22-9-11-23(21-29(22,26)2)30-15-5-3-6-16-30/h22-27H,3-21H2,1-2H3/t22?,23?,24?,25-,26+,27+,28-,29+/m1/s1. The van der Waals surface area contributed by atoms with E-state index >= 15 is 0 Å². The van der Waals surface area contributed by atoms with E-state index in [2.05, 4.69) is 23.6 Å². The summed E-state index contributed by atoms with van der Waals surface area (Å²) in [5, 5.41) is 0. The summed E-state index contributed by atoms with van der Waals surface area (Å²) in [6.45, 7) is 11.1. The van der Waals surface area contributed by atoms with Crippen LogP contribution in [0.3, 0.4) is 0 Å². The second kappa shape index (κ2) is 8.30. The van der Waals surface area contributed by atoms with Gasteiger partial charge in [0.2, 0.25) is 0 Å². The largest absolute Gasteiger partial charge is 0.300 e. The van der Waals surface area contributed by atoms with Gasteiger partial charge in [0.25, 0.3) is 0 Å². The fraction of sp³-hybridized carbons (Fsp3) is 1.00. The molecule has 0 aromatic heterocycles. The van der Waals surface area contributed by atoms with Crippen LogP contribution in [0.5, 0.6) is 0 Å². The fourth-order valence-electron chi connectivity index (χ4n) is 10.5. The summed E-state index contributed by atoms with van der Waals surface area (Å²) in [4.78, 5) is 5.87. The number of hydrogen-bond donors (Lipinski definition) is 0. The minimum absolute atomic E-state index is 0.647. The Bertz CT molecular complexity index is 635. The maximum atomic E-state index is 2.93. The molecular formula is C29H50N2. The van der Waals surface area contributed by atoms with Crippen molar-refractivity contribution in [3.05, 3.63) is 0 Å². The number of hydrogen-bond acceptors (Lipinski definition) is 2. The van der Waals surface area contributed by atoms with Crippen LogP contribution < -0.4 is 0 Å². The number of nitrogens with zero attached hydrogens (tertiary/aromatic N) is 2. The second-order valence-corrected chi connectivity index (χ2v) is 13.6. The summed E-state index contributed by atoms with van der Waals surface area (Å²) in [5.74, 6) is 4.16. The Hall–Kier alpha value is -0.0800. The maximum Gasteiger partial charge on any atom is 0.0103 e. The smallest absolute Gasteiger partial charge is 0.0103 e. The van der Waals surface area contributed by atoms with Crippen molar-refractivity contribution in [2.45, 2.75) is 122 Å². The zero-order chi connectivity index (χ0) is 21.1. The van der Waals surface area contributed by atoms with E-state index in [-0.39, 0.29) is 0 Å². The molecule has 0 spiro atoms. The predicted octanol–water partition coefficient (Wildman–Crippen LogP) is 6.74. The highest BCUT2D eigenvalue weighted by Gasteiger charge is 2.60. The van der Waals surface area contributed by atoms with Crippen molar-refractivity contribution in [2.24, 2.45) is 34.5 Å². The van der Waals surface area contributed by atoms with E-state index < -0.39 is 0 Å². The van der Waals surface area contributed by atoms with Gasteiger partial charge in [0.05, 0.1) is 0 Å². The fourth-order valence-corrected chi connectivity index (χ4v) is 10.5. The first-order valence-electron chi connectivity index (χ1n) is 14.5.